The zero-order valence-corrected chi connectivity index (χ0v) is 9.75. The number of carboxylic acid groups (broad SMARTS) is 1. The number of carbonyl (C=O) groups excluding carboxylic acids is 1. The van der Waals surface area contributed by atoms with Crippen LogP contribution in [0, 0.1) is 0 Å². The zero-order chi connectivity index (χ0) is 14.6. The second-order valence-electron chi connectivity index (χ2n) is 3.47. The SMILES string of the molecule is COc1cccc(C(=O)O)c1CNC(=O)C(F)(F)F. The number of hydrogen-bond donors (Lipinski definition) is 2. The second-order valence-corrected chi connectivity index (χ2v) is 3.47. The Labute approximate surface area is 106 Å². The molecular weight excluding hydrogens is 267 g/mol. The molecule has 0 spiro atoms. The second kappa shape index (κ2) is 5.59. The lowest BCUT2D eigenvalue weighted by Crippen LogP contribution is -2.36. The number of carbonyl (C=O) groups is 2. The van der Waals surface area contributed by atoms with Crippen molar-refractivity contribution in [1.82, 2.24) is 5.32 Å². The van der Waals surface area contributed by atoms with Crippen molar-refractivity contribution in [3.8, 4) is 5.75 Å². The number of rotatable bonds is 4. The molecule has 0 atom stereocenters. The van der Waals surface area contributed by atoms with Crippen molar-refractivity contribution in [2.24, 2.45) is 0 Å². The Kier molecular flexibility index (Phi) is 4.36. The van der Waals surface area contributed by atoms with Crippen molar-refractivity contribution >= 4 is 11.9 Å². The normalized spacial score (nSPS) is 10.9. The van der Waals surface area contributed by atoms with E-state index in [-0.39, 0.29) is 16.9 Å². The van der Waals surface area contributed by atoms with Crippen LogP contribution in [0.15, 0.2) is 18.2 Å². The summed E-state index contributed by atoms with van der Waals surface area (Å²) in [5.74, 6) is -3.38. The first kappa shape index (κ1) is 14.8. The molecule has 0 aliphatic heterocycles. The van der Waals surface area contributed by atoms with Crippen LogP contribution in [0.4, 0.5) is 13.2 Å². The molecule has 0 radical (unpaired) electrons. The summed E-state index contributed by atoms with van der Waals surface area (Å²) < 4.78 is 41.0. The highest BCUT2D eigenvalue weighted by atomic mass is 19.4. The van der Waals surface area contributed by atoms with Gasteiger partial charge in [0, 0.05) is 12.1 Å². The summed E-state index contributed by atoms with van der Waals surface area (Å²) >= 11 is 0. The maximum atomic E-state index is 12.0. The van der Waals surface area contributed by atoms with Crippen LogP contribution in [-0.2, 0) is 11.3 Å². The van der Waals surface area contributed by atoms with Crippen LogP contribution >= 0.6 is 0 Å². The van der Waals surface area contributed by atoms with Gasteiger partial charge in [0.15, 0.2) is 0 Å². The van der Waals surface area contributed by atoms with Crippen LogP contribution in [0.1, 0.15) is 15.9 Å². The van der Waals surface area contributed by atoms with Crippen LogP contribution in [0.3, 0.4) is 0 Å². The van der Waals surface area contributed by atoms with Crippen molar-refractivity contribution in [1.29, 1.82) is 0 Å². The summed E-state index contributed by atoms with van der Waals surface area (Å²) in [7, 11) is 1.25. The highest BCUT2D eigenvalue weighted by Crippen LogP contribution is 2.23. The Balaban J connectivity index is 2.99. The zero-order valence-electron chi connectivity index (χ0n) is 9.75. The van der Waals surface area contributed by atoms with Crippen LogP contribution in [0.5, 0.6) is 5.75 Å². The van der Waals surface area contributed by atoms with Crippen molar-refractivity contribution in [3.05, 3.63) is 29.3 Å². The molecule has 0 aliphatic rings. The van der Waals surface area contributed by atoms with E-state index in [1.165, 1.54) is 25.3 Å². The average molecular weight is 277 g/mol. The number of amides is 1. The molecule has 0 fully saturated rings. The van der Waals surface area contributed by atoms with Gasteiger partial charge < -0.3 is 15.2 Å². The third kappa shape index (κ3) is 3.60. The molecule has 0 saturated carbocycles. The maximum Gasteiger partial charge on any atom is 0.471 e. The Morgan fingerprint density at radius 1 is 1.37 bits per heavy atom. The lowest BCUT2D eigenvalue weighted by Gasteiger charge is -2.13. The van der Waals surface area contributed by atoms with E-state index in [2.05, 4.69) is 0 Å². The largest absolute Gasteiger partial charge is 0.496 e. The predicted octanol–water partition coefficient (Wildman–Crippen LogP) is 1.57. The summed E-state index contributed by atoms with van der Waals surface area (Å²) in [5.41, 5.74) is -0.267. The van der Waals surface area contributed by atoms with Gasteiger partial charge in [0.1, 0.15) is 5.75 Å². The van der Waals surface area contributed by atoms with E-state index >= 15 is 0 Å². The quantitative estimate of drug-likeness (QED) is 0.876. The van der Waals surface area contributed by atoms with Gasteiger partial charge in [-0.05, 0) is 12.1 Å². The van der Waals surface area contributed by atoms with Gasteiger partial charge >= 0.3 is 18.1 Å². The van der Waals surface area contributed by atoms with E-state index < -0.39 is 24.6 Å². The molecule has 0 bridgehead atoms. The number of benzene rings is 1. The number of methoxy groups -OCH3 is 1. The minimum absolute atomic E-state index is 0.0323. The molecule has 2 N–H and O–H groups in total. The van der Waals surface area contributed by atoms with Crippen molar-refractivity contribution in [2.45, 2.75) is 12.7 Å². The van der Waals surface area contributed by atoms with Gasteiger partial charge in [-0.15, -0.1) is 0 Å². The monoisotopic (exact) mass is 277 g/mol. The Bertz CT molecular complexity index is 499. The minimum Gasteiger partial charge on any atom is -0.496 e. The number of halogens is 3. The van der Waals surface area contributed by atoms with Crippen LogP contribution < -0.4 is 10.1 Å². The third-order valence-corrected chi connectivity index (χ3v) is 2.27. The van der Waals surface area contributed by atoms with Gasteiger partial charge in [-0.3, -0.25) is 4.79 Å². The van der Waals surface area contributed by atoms with E-state index in [1.54, 1.807) is 5.32 Å². The molecule has 1 aromatic rings. The molecule has 0 aromatic heterocycles. The smallest absolute Gasteiger partial charge is 0.471 e. The van der Waals surface area contributed by atoms with Gasteiger partial charge in [-0.2, -0.15) is 13.2 Å². The van der Waals surface area contributed by atoms with Crippen molar-refractivity contribution in [3.63, 3.8) is 0 Å². The highest BCUT2D eigenvalue weighted by molar-refractivity contribution is 5.90. The van der Waals surface area contributed by atoms with E-state index in [0.717, 1.165) is 0 Å². The lowest BCUT2D eigenvalue weighted by molar-refractivity contribution is -0.173. The van der Waals surface area contributed by atoms with Gasteiger partial charge in [0.05, 0.1) is 12.7 Å². The number of nitrogens with one attached hydrogen (secondary N) is 1. The first-order valence-electron chi connectivity index (χ1n) is 5.01. The van der Waals surface area contributed by atoms with Crippen molar-refractivity contribution < 1.29 is 32.6 Å². The fraction of sp³-hybridized carbons (Fsp3) is 0.273. The van der Waals surface area contributed by atoms with Crippen LogP contribution in [-0.4, -0.2) is 30.3 Å². The van der Waals surface area contributed by atoms with Gasteiger partial charge in [-0.25, -0.2) is 4.79 Å². The third-order valence-electron chi connectivity index (χ3n) is 2.27. The molecular formula is C11H10F3NO4. The molecule has 1 rings (SSSR count). The Morgan fingerprint density at radius 3 is 2.47 bits per heavy atom. The highest BCUT2D eigenvalue weighted by Gasteiger charge is 2.38. The molecule has 104 valence electrons. The van der Waals surface area contributed by atoms with Crippen LogP contribution in [0.2, 0.25) is 0 Å². The summed E-state index contributed by atoms with van der Waals surface area (Å²) in [6, 6.07) is 3.98. The van der Waals surface area contributed by atoms with Gasteiger partial charge in [0.2, 0.25) is 0 Å². The van der Waals surface area contributed by atoms with E-state index in [4.69, 9.17) is 9.84 Å². The number of aromatic carboxylic acids is 1. The number of carboxylic acids is 1. The first-order valence-corrected chi connectivity index (χ1v) is 5.01. The summed E-state index contributed by atoms with van der Waals surface area (Å²) in [6.07, 6.45) is -5.02. The number of hydrogen-bond acceptors (Lipinski definition) is 3. The molecule has 19 heavy (non-hydrogen) atoms. The standard InChI is InChI=1S/C11H10F3NO4/c1-19-8-4-2-3-6(9(16)17)7(8)5-15-10(18)11(12,13)14/h2-4H,5H2,1H3,(H,15,18)(H,16,17). The molecule has 1 aromatic carbocycles. The van der Waals surface area contributed by atoms with Crippen LogP contribution in [0.25, 0.3) is 0 Å². The molecule has 0 heterocycles. The topological polar surface area (TPSA) is 75.6 Å². The lowest BCUT2D eigenvalue weighted by atomic mass is 10.1. The summed E-state index contributed by atoms with van der Waals surface area (Å²) in [6.45, 7) is -0.593. The van der Waals surface area contributed by atoms with E-state index in [9.17, 15) is 22.8 Å². The fourth-order valence-electron chi connectivity index (χ4n) is 1.41. The molecule has 1 amide bonds. The van der Waals surface area contributed by atoms with Crippen molar-refractivity contribution in [2.75, 3.05) is 7.11 Å². The molecule has 0 aliphatic carbocycles. The summed E-state index contributed by atoms with van der Waals surface area (Å²) in [5, 5.41) is 10.5. The van der Waals surface area contributed by atoms with E-state index in [0.29, 0.717) is 0 Å². The molecule has 5 nitrogen and oxygen atoms in total. The van der Waals surface area contributed by atoms with Gasteiger partial charge in [0.25, 0.3) is 0 Å². The molecule has 0 unspecified atom stereocenters. The van der Waals surface area contributed by atoms with Gasteiger partial charge in [-0.1, -0.05) is 6.07 Å². The predicted molar refractivity (Wildman–Crippen MR) is 57.9 cm³/mol. The van der Waals surface area contributed by atoms with E-state index in [1.807, 2.05) is 0 Å². The minimum atomic E-state index is -5.02. The fourth-order valence-corrected chi connectivity index (χ4v) is 1.41. The molecule has 8 heteroatoms. The number of ether oxygens (including phenoxy) is 1. The first-order chi connectivity index (χ1) is 8.77. The maximum absolute atomic E-state index is 12.0. The Hall–Kier alpha value is -2.25. The Morgan fingerprint density at radius 2 is 2.00 bits per heavy atom. The average Bonchev–Trinajstić information content (AvgIpc) is 2.33. The number of alkyl halides is 3. The molecule has 0 saturated heterocycles. The summed E-state index contributed by atoms with van der Waals surface area (Å²) in [4.78, 5) is 21.6.